The number of anilines is 1. The first-order chi connectivity index (χ1) is 11.5. The number of amides is 2. The van der Waals surface area contributed by atoms with Crippen LogP contribution in [0.2, 0.25) is 0 Å². The highest BCUT2D eigenvalue weighted by Crippen LogP contribution is 2.24. The number of benzene rings is 2. The normalized spacial score (nSPS) is 10.2. The van der Waals surface area contributed by atoms with Crippen LogP contribution in [0.3, 0.4) is 0 Å². The van der Waals surface area contributed by atoms with Crippen LogP contribution in [0.25, 0.3) is 0 Å². The zero-order valence-corrected chi connectivity index (χ0v) is 12.7. The van der Waals surface area contributed by atoms with Gasteiger partial charge in [-0.05, 0) is 24.3 Å². The third-order valence-corrected chi connectivity index (χ3v) is 3.19. The summed E-state index contributed by atoms with van der Waals surface area (Å²) in [6.45, 7) is -0.463. The fourth-order valence-corrected chi connectivity index (χ4v) is 2.11. The maximum atomic E-state index is 14.5. The molecule has 0 aliphatic rings. The molecule has 6 nitrogen and oxygen atoms in total. The van der Waals surface area contributed by atoms with Gasteiger partial charge in [-0.1, -0.05) is 24.3 Å². The molecular formula is C17H14FNO5. The van der Waals surface area contributed by atoms with Gasteiger partial charge in [-0.25, -0.2) is 14.1 Å². The largest absolute Gasteiger partial charge is 0.478 e. The summed E-state index contributed by atoms with van der Waals surface area (Å²) in [6.07, 6.45) is 0. The monoisotopic (exact) mass is 331 g/mol. The Bertz CT molecular complexity index is 776. The van der Waals surface area contributed by atoms with E-state index in [1.54, 1.807) is 18.2 Å². The van der Waals surface area contributed by atoms with E-state index >= 15 is 0 Å². The highest BCUT2D eigenvalue weighted by atomic mass is 19.1. The van der Waals surface area contributed by atoms with Gasteiger partial charge in [0, 0.05) is 12.7 Å². The lowest BCUT2D eigenvalue weighted by molar-refractivity contribution is -0.121. The van der Waals surface area contributed by atoms with E-state index in [1.165, 1.54) is 25.3 Å². The van der Waals surface area contributed by atoms with Crippen LogP contribution in [0.5, 0.6) is 0 Å². The molecule has 0 saturated carbocycles. The Balaban J connectivity index is 2.56. The Labute approximate surface area is 137 Å². The molecule has 2 amide bonds. The maximum Gasteiger partial charge on any atom is 0.338 e. The Morgan fingerprint density at radius 1 is 1.08 bits per heavy atom. The van der Waals surface area contributed by atoms with Gasteiger partial charge >= 0.3 is 5.97 Å². The zero-order chi connectivity index (χ0) is 17.7. The predicted molar refractivity (Wildman–Crippen MR) is 83.5 cm³/mol. The van der Waals surface area contributed by atoms with Crippen LogP contribution in [-0.2, 0) is 9.53 Å². The SMILES string of the molecule is COCC(=O)N(C(=O)c1ccccc1)c1cccc(C(=O)O)c1F. The van der Waals surface area contributed by atoms with Gasteiger partial charge in [-0.15, -0.1) is 0 Å². The van der Waals surface area contributed by atoms with Crippen LogP contribution >= 0.6 is 0 Å². The number of hydrogen-bond donors (Lipinski definition) is 1. The number of methoxy groups -OCH3 is 1. The number of carbonyl (C=O) groups is 3. The smallest absolute Gasteiger partial charge is 0.338 e. The lowest BCUT2D eigenvalue weighted by Crippen LogP contribution is -2.40. The zero-order valence-electron chi connectivity index (χ0n) is 12.7. The van der Waals surface area contributed by atoms with Gasteiger partial charge in [-0.3, -0.25) is 9.59 Å². The summed E-state index contributed by atoms with van der Waals surface area (Å²) in [4.78, 5) is 36.6. The summed E-state index contributed by atoms with van der Waals surface area (Å²) in [7, 11) is 1.26. The Morgan fingerprint density at radius 3 is 2.33 bits per heavy atom. The minimum Gasteiger partial charge on any atom is -0.478 e. The topological polar surface area (TPSA) is 83.9 Å². The highest BCUT2D eigenvalue weighted by Gasteiger charge is 2.29. The van der Waals surface area contributed by atoms with E-state index in [-0.39, 0.29) is 5.56 Å². The highest BCUT2D eigenvalue weighted by molar-refractivity contribution is 6.21. The molecule has 0 unspecified atom stereocenters. The van der Waals surface area contributed by atoms with Gasteiger partial charge in [0.05, 0.1) is 11.3 Å². The summed E-state index contributed by atoms with van der Waals surface area (Å²) in [6, 6.07) is 11.3. The van der Waals surface area contributed by atoms with Crippen molar-refractivity contribution in [3.63, 3.8) is 0 Å². The molecule has 2 aromatic rings. The molecule has 0 spiro atoms. The van der Waals surface area contributed by atoms with Crippen LogP contribution in [0.4, 0.5) is 10.1 Å². The summed E-state index contributed by atoms with van der Waals surface area (Å²) in [5.74, 6) is -4.26. The van der Waals surface area contributed by atoms with Crippen molar-refractivity contribution in [1.82, 2.24) is 0 Å². The molecule has 24 heavy (non-hydrogen) atoms. The molecule has 2 aromatic carbocycles. The molecule has 0 aliphatic heterocycles. The number of carboxylic acid groups (broad SMARTS) is 1. The summed E-state index contributed by atoms with van der Waals surface area (Å²) in [5.41, 5.74) is -0.920. The van der Waals surface area contributed by atoms with Gasteiger partial charge in [0.2, 0.25) is 0 Å². The first-order valence-corrected chi connectivity index (χ1v) is 6.90. The van der Waals surface area contributed by atoms with Gasteiger partial charge in [0.1, 0.15) is 6.61 Å². The number of imide groups is 1. The van der Waals surface area contributed by atoms with Crippen molar-refractivity contribution in [3.8, 4) is 0 Å². The summed E-state index contributed by atoms with van der Waals surface area (Å²) < 4.78 is 19.2. The first kappa shape index (κ1) is 17.3. The molecular weight excluding hydrogens is 317 g/mol. The van der Waals surface area contributed by atoms with Gasteiger partial charge in [0.25, 0.3) is 11.8 Å². The number of carbonyl (C=O) groups excluding carboxylic acids is 2. The predicted octanol–water partition coefficient (Wildman–Crippen LogP) is 2.34. The van der Waals surface area contributed by atoms with E-state index in [0.717, 1.165) is 12.1 Å². The third kappa shape index (κ3) is 3.47. The van der Waals surface area contributed by atoms with Crippen molar-refractivity contribution in [2.75, 3.05) is 18.6 Å². The Kier molecular flexibility index (Phi) is 5.39. The maximum absolute atomic E-state index is 14.5. The molecule has 2 rings (SSSR count). The molecule has 0 saturated heterocycles. The number of halogens is 1. The Morgan fingerprint density at radius 2 is 1.75 bits per heavy atom. The van der Waals surface area contributed by atoms with E-state index in [1.807, 2.05) is 0 Å². The molecule has 1 N–H and O–H groups in total. The number of carboxylic acids is 1. The number of rotatable bonds is 5. The minimum atomic E-state index is -1.50. The summed E-state index contributed by atoms with van der Waals surface area (Å²) in [5, 5.41) is 9.02. The number of hydrogen-bond acceptors (Lipinski definition) is 4. The van der Waals surface area contributed by atoms with Crippen molar-refractivity contribution < 1.29 is 28.6 Å². The van der Waals surface area contributed by atoms with Crippen molar-refractivity contribution in [2.45, 2.75) is 0 Å². The molecule has 0 fully saturated rings. The lowest BCUT2D eigenvalue weighted by Gasteiger charge is -2.21. The van der Waals surface area contributed by atoms with Crippen molar-refractivity contribution in [2.24, 2.45) is 0 Å². The molecule has 0 heterocycles. The molecule has 0 bridgehead atoms. The van der Waals surface area contributed by atoms with Gasteiger partial charge in [-0.2, -0.15) is 0 Å². The average molecular weight is 331 g/mol. The van der Waals surface area contributed by atoms with Gasteiger partial charge in [0.15, 0.2) is 5.82 Å². The van der Waals surface area contributed by atoms with Crippen molar-refractivity contribution >= 4 is 23.5 Å². The standard InChI is InChI=1S/C17H14FNO5/c1-24-10-14(20)19(16(21)11-6-3-2-4-7-11)13-9-5-8-12(15(13)18)17(22)23/h2-9H,10H2,1H3,(H,22,23). The van der Waals surface area contributed by atoms with E-state index in [2.05, 4.69) is 0 Å². The second-order valence-electron chi connectivity index (χ2n) is 4.78. The number of aromatic carboxylic acids is 1. The van der Waals surface area contributed by atoms with E-state index in [4.69, 9.17) is 9.84 Å². The van der Waals surface area contributed by atoms with Crippen LogP contribution in [-0.4, -0.2) is 36.6 Å². The average Bonchev–Trinajstić information content (AvgIpc) is 2.57. The van der Waals surface area contributed by atoms with E-state index in [0.29, 0.717) is 4.90 Å². The summed E-state index contributed by atoms with van der Waals surface area (Å²) >= 11 is 0. The fraction of sp³-hybridized carbons (Fsp3) is 0.118. The van der Waals surface area contributed by atoms with Crippen molar-refractivity contribution in [3.05, 3.63) is 65.5 Å². The molecule has 7 heteroatoms. The minimum absolute atomic E-state index is 0.155. The number of nitrogens with zero attached hydrogens (tertiary/aromatic N) is 1. The third-order valence-electron chi connectivity index (χ3n) is 3.19. The lowest BCUT2D eigenvalue weighted by atomic mass is 10.1. The fourth-order valence-electron chi connectivity index (χ4n) is 2.11. The van der Waals surface area contributed by atoms with Crippen LogP contribution < -0.4 is 4.90 Å². The number of ether oxygens (including phenoxy) is 1. The molecule has 0 aliphatic carbocycles. The molecule has 124 valence electrons. The quantitative estimate of drug-likeness (QED) is 0.909. The van der Waals surface area contributed by atoms with E-state index in [9.17, 15) is 18.8 Å². The second kappa shape index (κ2) is 7.47. The molecule has 0 radical (unpaired) electrons. The van der Waals surface area contributed by atoms with Crippen LogP contribution in [0, 0.1) is 5.82 Å². The molecule has 0 aromatic heterocycles. The molecule has 0 atom stereocenters. The van der Waals surface area contributed by atoms with Crippen LogP contribution in [0.1, 0.15) is 20.7 Å². The second-order valence-corrected chi connectivity index (χ2v) is 4.78. The Hall–Kier alpha value is -3.06. The van der Waals surface area contributed by atoms with E-state index < -0.39 is 41.5 Å². The van der Waals surface area contributed by atoms with Crippen molar-refractivity contribution in [1.29, 1.82) is 0 Å². The van der Waals surface area contributed by atoms with Gasteiger partial charge < -0.3 is 9.84 Å². The van der Waals surface area contributed by atoms with Crippen LogP contribution in [0.15, 0.2) is 48.5 Å². The first-order valence-electron chi connectivity index (χ1n) is 6.90.